The Balaban J connectivity index is 2.24. The van der Waals surface area contributed by atoms with Gasteiger partial charge in [0.1, 0.15) is 0 Å². The van der Waals surface area contributed by atoms with E-state index in [0.717, 1.165) is 18.4 Å². The Morgan fingerprint density at radius 3 is 3.00 bits per heavy atom. The average Bonchev–Trinajstić information content (AvgIpc) is 2.36. The maximum absolute atomic E-state index is 11.3. The molecule has 0 aliphatic heterocycles. The Kier molecular flexibility index (Phi) is 6.60. The second-order valence-electron chi connectivity index (χ2n) is 4.16. The highest BCUT2D eigenvalue weighted by molar-refractivity contribution is 5.75. The van der Waals surface area contributed by atoms with Crippen LogP contribution in [-0.2, 0) is 4.79 Å². The minimum atomic E-state index is 0.0535. The number of hydrogen-bond donors (Lipinski definition) is 2. The smallest absolute Gasteiger partial charge is 0.220 e. The molecule has 3 N–H and O–H groups in total. The first-order valence-electron chi connectivity index (χ1n) is 6.24. The van der Waals surface area contributed by atoms with Gasteiger partial charge in [-0.25, -0.2) is 0 Å². The molecule has 3 heteroatoms. The number of unbranched alkanes of at least 4 members (excludes halogenated alkanes) is 1. The molecule has 0 heterocycles. The van der Waals surface area contributed by atoms with Crippen LogP contribution in [-0.4, -0.2) is 19.0 Å². The molecule has 0 saturated heterocycles. The van der Waals surface area contributed by atoms with Gasteiger partial charge in [-0.2, -0.15) is 0 Å². The van der Waals surface area contributed by atoms with Gasteiger partial charge in [0.15, 0.2) is 0 Å². The highest BCUT2D eigenvalue weighted by Gasteiger charge is 1.97. The van der Waals surface area contributed by atoms with Crippen LogP contribution in [0.5, 0.6) is 0 Å². The maximum Gasteiger partial charge on any atom is 0.220 e. The topological polar surface area (TPSA) is 55.1 Å². The number of benzene rings is 1. The Labute approximate surface area is 109 Å². The second kappa shape index (κ2) is 8.32. The van der Waals surface area contributed by atoms with Crippen molar-refractivity contribution in [1.29, 1.82) is 0 Å². The van der Waals surface area contributed by atoms with Gasteiger partial charge in [-0.15, -0.1) is 0 Å². The first kappa shape index (κ1) is 14.3. The molecule has 0 saturated carbocycles. The molecule has 0 aliphatic carbocycles. The van der Waals surface area contributed by atoms with E-state index < -0.39 is 0 Å². The fourth-order valence-corrected chi connectivity index (χ4v) is 1.52. The van der Waals surface area contributed by atoms with Crippen LogP contribution in [0.4, 0.5) is 0 Å². The summed E-state index contributed by atoms with van der Waals surface area (Å²) in [4.78, 5) is 11.3. The Morgan fingerprint density at radius 2 is 2.28 bits per heavy atom. The normalized spacial score (nSPS) is 9.44. The van der Waals surface area contributed by atoms with Crippen LogP contribution >= 0.6 is 0 Å². The van der Waals surface area contributed by atoms with Gasteiger partial charge in [0.2, 0.25) is 5.91 Å². The van der Waals surface area contributed by atoms with Crippen molar-refractivity contribution in [2.75, 3.05) is 13.1 Å². The van der Waals surface area contributed by atoms with Gasteiger partial charge in [0.25, 0.3) is 0 Å². The third-order valence-corrected chi connectivity index (χ3v) is 2.42. The highest BCUT2D eigenvalue weighted by Crippen LogP contribution is 2.02. The zero-order valence-corrected chi connectivity index (χ0v) is 10.8. The molecule has 96 valence electrons. The van der Waals surface area contributed by atoms with Crippen LogP contribution in [0.2, 0.25) is 0 Å². The van der Waals surface area contributed by atoms with Crippen molar-refractivity contribution in [2.24, 2.45) is 5.73 Å². The first-order valence-corrected chi connectivity index (χ1v) is 6.24. The summed E-state index contributed by atoms with van der Waals surface area (Å²) in [7, 11) is 0. The van der Waals surface area contributed by atoms with E-state index in [-0.39, 0.29) is 5.91 Å². The minimum absolute atomic E-state index is 0.0535. The van der Waals surface area contributed by atoms with E-state index in [2.05, 4.69) is 23.2 Å². The molecule has 0 unspecified atom stereocenters. The second-order valence-corrected chi connectivity index (χ2v) is 4.16. The molecule has 0 bridgehead atoms. The highest BCUT2D eigenvalue weighted by atomic mass is 16.1. The van der Waals surface area contributed by atoms with Crippen molar-refractivity contribution in [3.8, 4) is 11.8 Å². The van der Waals surface area contributed by atoms with Crippen LogP contribution in [0, 0.1) is 18.8 Å². The summed E-state index contributed by atoms with van der Waals surface area (Å²) in [5.41, 5.74) is 7.53. The lowest BCUT2D eigenvalue weighted by Gasteiger charge is -2.00. The van der Waals surface area contributed by atoms with Crippen LogP contribution < -0.4 is 11.1 Å². The van der Waals surface area contributed by atoms with E-state index in [4.69, 9.17) is 5.73 Å². The lowest BCUT2D eigenvalue weighted by molar-refractivity contribution is -0.121. The number of rotatable bonds is 5. The number of hydrogen-bond acceptors (Lipinski definition) is 2. The Bertz CT molecular complexity index is 443. The third kappa shape index (κ3) is 6.07. The molecule has 0 radical (unpaired) electrons. The molecule has 3 nitrogen and oxygen atoms in total. The van der Waals surface area contributed by atoms with Crippen molar-refractivity contribution in [3.05, 3.63) is 35.4 Å². The summed E-state index contributed by atoms with van der Waals surface area (Å²) < 4.78 is 0. The number of amides is 1. The molecule has 1 amide bonds. The van der Waals surface area contributed by atoms with Crippen molar-refractivity contribution in [2.45, 2.75) is 26.2 Å². The number of nitrogens with one attached hydrogen (secondary N) is 1. The zero-order chi connectivity index (χ0) is 13.2. The predicted molar refractivity (Wildman–Crippen MR) is 74.0 cm³/mol. The number of nitrogens with two attached hydrogens (primary N) is 1. The molecular weight excluding hydrogens is 224 g/mol. The molecule has 0 aliphatic rings. The summed E-state index contributed by atoms with van der Waals surface area (Å²) in [6.07, 6.45) is 2.04. The van der Waals surface area contributed by atoms with Crippen molar-refractivity contribution >= 4 is 5.91 Å². The van der Waals surface area contributed by atoms with Gasteiger partial charge < -0.3 is 11.1 Å². The average molecular weight is 244 g/mol. The molecule has 1 aromatic carbocycles. The quantitative estimate of drug-likeness (QED) is 0.610. The maximum atomic E-state index is 11.3. The van der Waals surface area contributed by atoms with E-state index in [1.54, 1.807) is 0 Å². The SMILES string of the molecule is Cc1cccc(C#CCCCC(=O)NCCN)c1. The summed E-state index contributed by atoms with van der Waals surface area (Å²) in [6.45, 7) is 3.08. The molecule has 0 spiro atoms. The molecule has 0 aromatic heterocycles. The number of aryl methyl sites for hydroxylation is 1. The van der Waals surface area contributed by atoms with Crippen LogP contribution in [0.1, 0.15) is 30.4 Å². The summed E-state index contributed by atoms with van der Waals surface area (Å²) in [5, 5.41) is 2.74. The Morgan fingerprint density at radius 1 is 1.44 bits per heavy atom. The van der Waals surface area contributed by atoms with Gasteiger partial charge in [-0.1, -0.05) is 24.0 Å². The summed E-state index contributed by atoms with van der Waals surface area (Å²) in [5.74, 6) is 6.24. The molecule has 1 rings (SSSR count). The van der Waals surface area contributed by atoms with Gasteiger partial charge in [-0.3, -0.25) is 4.79 Å². The van der Waals surface area contributed by atoms with E-state index in [1.807, 2.05) is 25.1 Å². The van der Waals surface area contributed by atoms with Gasteiger partial charge >= 0.3 is 0 Å². The Hall–Kier alpha value is -1.79. The van der Waals surface area contributed by atoms with Crippen LogP contribution in [0.15, 0.2) is 24.3 Å². The zero-order valence-electron chi connectivity index (χ0n) is 10.8. The first-order chi connectivity index (χ1) is 8.72. The molecule has 18 heavy (non-hydrogen) atoms. The van der Waals surface area contributed by atoms with Crippen LogP contribution in [0.25, 0.3) is 0 Å². The summed E-state index contributed by atoms with van der Waals surface area (Å²) >= 11 is 0. The van der Waals surface area contributed by atoms with Gasteiger partial charge in [0.05, 0.1) is 0 Å². The van der Waals surface area contributed by atoms with E-state index in [9.17, 15) is 4.79 Å². The van der Waals surface area contributed by atoms with Crippen molar-refractivity contribution in [3.63, 3.8) is 0 Å². The fourth-order valence-electron chi connectivity index (χ4n) is 1.52. The van der Waals surface area contributed by atoms with E-state index in [0.29, 0.717) is 19.5 Å². The summed E-state index contributed by atoms with van der Waals surface area (Å²) in [6, 6.07) is 8.10. The van der Waals surface area contributed by atoms with Crippen molar-refractivity contribution < 1.29 is 4.79 Å². The molecular formula is C15H20N2O. The number of carbonyl (C=O) groups excluding carboxylic acids is 1. The lowest BCUT2D eigenvalue weighted by atomic mass is 10.1. The largest absolute Gasteiger partial charge is 0.355 e. The number of carbonyl (C=O) groups is 1. The van der Waals surface area contributed by atoms with E-state index >= 15 is 0 Å². The van der Waals surface area contributed by atoms with Crippen molar-refractivity contribution in [1.82, 2.24) is 5.32 Å². The molecule has 1 aromatic rings. The molecule has 0 atom stereocenters. The monoisotopic (exact) mass is 244 g/mol. The minimum Gasteiger partial charge on any atom is -0.355 e. The van der Waals surface area contributed by atoms with Gasteiger partial charge in [-0.05, 0) is 31.0 Å². The standard InChI is InChI=1S/C15H20N2O/c1-13-6-5-8-14(12-13)7-3-2-4-9-15(18)17-11-10-16/h5-6,8,12H,2,4,9-11,16H2,1H3,(H,17,18). The fraction of sp³-hybridized carbons (Fsp3) is 0.400. The predicted octanol–water partition coefficient (Wildman–Crippen LogP) is 1.59. The van der Waals surface area contributed by atoms with E-state index in [1.165, 1.54) is 5.56 Å². The third-order valence-electron chi connectivity index (χ3n) is 2.42. The lowest BCUT2D eigenvalue weighted by Crippen LogP contribution is -2.28. The van der Waals surface area contributed by atoms with Crippen LogP contribution in [0.3, 0.4) is 0 Å². The van der Waals surface area contributed by atoms with Gasteiger partial charge in [0, 0.05) is 31.5 Å². The molecule has 0 fully saturated rings.